The molecule has 10 heteroatoms. The van der Waals surface area contributed by atoms with Crippen LogP contribution >= 0.6 is 11.6 Å². The monoisotopic (exact) mass is 484 g/mol. The van der Waals surface area contributed by atoms with Crippen LogP contribution in [0, 0.1) is 10.1 Å². The summed E-state index contributed by atoms with van der Waals surface area (Å²) in [6, 6.07) is 17.1. The molecule has 9 nitrogen and oxygen atoms in total. The van der Waals surface area contributed by atoms with Gasteiger partial charge in [-0.2, -0.15) is 0 Å². The minimum Gasteiger partial charge on any atom is -0.497 e. The molecular weight excluding hydrogens is 464 g/mol. The summed E-state index contributed by atoms with van der Waals surface area (Å²) in [7, 11) is 2.99. The van der Waals surface area contributed by atoms with E-state index in [0.717, 1.165) is 6.07 Å². The number of carbonyl (C=O) groups excluding carboxylic acids is 2. The number of amides is 1. The number of methoxy groups -OCH3 is 2. The highest BCUT2D eigenvalue weighted by Crippen LogP contribution is 2.29. The van der Waals surface area contributed by atoms with Crippen molar-refractivity contribution in [1.82, 2.24) is 0 Å². The van der Waals surface area contributed by atoms with Crippen LogP contribution in [0.3, 0.4) is 0 Å². The van der Waals surface area contributed by atoms with Crippen molar-refractivity contribution in [1.29, 1.82) is 0 Å². The van der Waals surface area contributed by atoms with E-state index in [4.69, 9.17) is 25.8 Å². The number of esters is 1. The molecule has 0 heterocycles. The van der Waals surface area contributed by atoms with Crippen molar-refractivity contribution in [2.45, 2.75) is 12.5 Å². The Balaban J connectivity index is 1.81. The standard InChI is InChI=1S/C24H21ClN2O7/c1-32-18-10-8-16(21(14-18)33-2)12-22(28)34-23(15-6-4-3-5-7-15)24(29)26-20-11-9-17(27(30)31)13-19(20)25/h3-11,13-14,23H,12H2,1-2H3,(H,26,29). The van der Waals surface area contributed by atoms with Crippen LogP contribution in [-0.4, -0.2) is 31.0 Å². The molecule has 1 N–H and O–H groups in total. The van der Waals surface area contributed by atoms with Gasteiger partial charge in [-0.05, 0) is 12.1 Å². The van der Waals surface area contributed by atoms with E-state index in [0.29, 0.717) is 22.6 Å². The second-order valence-corrected chi connectivity index (χ2v) is 7.45. The SMILES string of the molecule is COc1ccc(CC(=O)OC(C(=O)Nc2ccc([N+](=O)[O-])cc2Cl)c2ccccc2)c(OC)c1. The van der Waals surface area contributed by atoms with Crippen molar-refractivity contribution < 1.29 is 28.7 Å². The minimum atomic E-state index is -1.29. The quantitative estimate of drug-likeness (QED) is 0.265. The first-order valence-corrected chi connectivity index (χ1v) is 10.4. The molecule has 176 valence electrons. The van der Waals surface area contributed by atoms with Gasteiger partial charge in [0.05, 0.1) is 36.3 Å². The number of nitro benzene ring substituents is 1. The third kappa shape index (κ3) is 6.02. The van der Waals surface area contributed by atoms with Gasteiger partial charge >= 0.3 is 5.97 Å². The highest BCUT2D eigenvalue weighted by molar-refractivity contribution is 6.34. The lowest BCUT2D eigenvalue weighted by Crippen LogP contribution is -2.26. The number of hydrogen-bond acceptors (Lipinski definition) is 7. The molecule has 0 spiro atoms. The van der Waals surface area contributed by atoms with Gasteiger partial charge in [-0.25, -0.2) is 0 Å². The van der Waals surface area contributed by atoms with E-state index in [9.17, 15) is 19.7 Å². The zero-order valence-electron chi connectivity index (χ0n) is 18.3. The lowest BCUT2D eigenvalue weighted by atomic mass is 10.1. The Morgan fingerprint density at radius 3 is 2.38 bits per heavy atom. The Morgan fingerprint density at radius 2 is 1.76 bits per heavy atom. The summed E-state index contributed by atoms with van der Waals surface area (Å²) in [5.74, 6) is -0.329. The molecule has 34 heavy (non-hydrogen) atoms. The van der Waals surface area contributed by atoms with Gasteiger partial charge in [0, 0.05) is 29.3 Å². The topological polar surface area (TPSA) is 117 Å². The van der Waals surface area contributed by atoms with E-state index >= 15 is 0 Å². The number of ether oxygens (including phenoxy) is 3. The molecule has 1 atom stereocenters. The second-order valence-electron chi connectivity index (χ2n) is 7.05. The van der Waals surface area contributed by atoms with Crippen molar-refractivity contribution in [3.63, 3.8) is 0 Å². The first-order valence-electron chi connectivity index (χ1n) is 10.0. The molecule has 0 radical (unpaired) electrons. The summed E-state index contributed by atoms with van der Waals surface area (Å²) in [5, 5.41) is 13.5. The summed E-state index contributed by atoms with van der Waals surface area (Å²) in [6.07, 6.45) is -1.44. The van der Waals surface area contributed by atoms with Gasteiger partial charge in [0.2, 0.25) is 6.10 Å². The number of nitro groups is 1. The fourth-order valence-electron chi connectivity index (χ4n) is 3.14. The second kappa shape index (κ2) is 11.2. The molecule has 0 aromatic heterocycles. The third-order valence-electron chi connectivity index (χ3n) is 4.84. The Labute approximate surface area is 200 Å². The zero-order chi connectivity index (χ0) is 24.7. The number of carbonyl (C=O) groups is 2. The molecule has 0 aliphatic rings. The zero-order valence-corrected chi connectivity index (χ0v) is 19.1. The Bertz CT molecular complexity index is 1200. The van der Waals surface area contributed by atoms with Crippen molar-refractivity contribution in [2.75, 3.05) is 19.5 Å². The van der Waals surface area contributed by atoms with Gasteiger partial charge in [0.1, 0.15) is 11.5 Å². The highest BCUT2D eigenvalue weighted by Gasteiger charge is 2.26. The first kappa shape index (κ1) is 24.5. The fourth-order valence-corrected chi connectivity index (χ4v) is 3.37. The maximum atomic E-state index is 13.1. The van der Waals surface area contributed by atoms with Crippen LogP contribution in [0.15, 0.2) is 66.7 Å². The maximum absolute atomic E-state index is 13.1. The van der Waals surface area contributed by atoms with Gasteiger partial charge in [-0.15, -0.1) is 0 Å². The van der Waals surface area contributed by atoms with Crippen molar-refractivity contribution in [3.8, 4) is 11.5 Å². The average molecular weight is 485 g/mol. The van der Waals surface area contributed by atoms with Crippen LogP contribution in [0.25, 0.3) is 0 Å². The molecule has 0 saturated carbocycles. The lowest BCUT2D eigenvalue weighted by molar-refractivity contribution is -0.384. The summed E-state index contributed by atoms with van der Waals surface area (Å²) in [6.45, 7) is 0. The van der Waals surface area contributed by atoms with E-state index in [2.05, 4.69) is 5.32 Å². The number of nitrogens with one attached hydrogen (secondary N) is 1. The smallest absolute Gasteiger partial charge is 0.311 e. The average Bonchev–Trinajstić information content (AvgIpc) is 2.84. The first-order chi connectivity index (χ1) is 16.3. The van der Waals surface area contributed by atoms with Gasteiger partial charge in [-0.1, -0.05) is 48.0 Å². The van der Waals surface area contributed by atoms with Gasteiger partial charge in [-0.3, -0.25) is 19.7 Å². The fraction of sp³-hybridized carbons (Fsp3) is 0.167. The normalized spacial score (nSPS) is 11.3. The van der Waals surface area contributed by atoms with E-state index in [-0.39, 0.29) is 22.8 Å². The number of benzene rings is 3. The van der Waals surface area contributed by atoms with Gasteiger partial charge in [0.15, 0.2) is 0 Å². The molecule has 1 unspecified atom stereocenters. The van der Waals surface area contributed by atoms with E-state index in [1.807, 2.05) is 0 Å². The molecule has 0 aliphatic carbocycles. The molecule has 3 rings (SSSR count). The van der Waals surface area contributed by atoms with E-state index in [1.165, 1.54) is 26.4 Å². The number of nitrogens with zero attached hydrogens (tertiary/aromatic N) is 1. The number of rotatable bonds is 9. The highest BCUT2D eigenvalue weighted by atomic mass is 35.5. The van der Waals surface area contributed by atoms with Crippen LogP contribution < -0.4 is 14.8 Å². The largest absolute Gasteiger partial charge is 0.497 e. The summed E-state index contributed by atoms with van der Waals surface area (Å²) < 4.78 is 16.0. The van der Waals surface area contributed by atoms with Crippen LogP contribution in [0.1, 0.15) is 17.2 Å². The van der Waals surface area contributed by atoms with E-state index < -0.39 is 22.9 Å². The molecule has 3 aromatic carbocycles. The molecule has 0 fully saturated rings. The van der Waals surface area contributed by atoms with Crippen molar-refractivity contribution in [2.24, 2.45) is 0 Å². The predicted molar refractivity (Wildman–Crippen MR) is 125 cm³/mol. The third-order valence-corrected chi connectivity index (χ3v) is 5.15. The summed E-state index contributed by atoms with van der Waals surface area (Å²) >= 11 is 6.09. The van der Waals surface area contributed by atoms with Crippen LogP contribution in [0.2, 0.25) is 5.02 Å². The number of hydrogen-bond donors (Lipinski definition) is 1. The molecule has 0 bridgehead atoms. The Hall–Kier alpha value is -4.11. The number of halogens is 1. The van der Waals surface area contributed by atoms with Gasteiger partial charge < -0.3 is 19.5 Å². The van der Waals surface area contributed by atoms with Crippen LogP contribution in [0.5, 0.6) is 11.5 Å². The van der Waals surface area contributed by atoms with Crippen molar-refractivity contribution >= 4 is 34.9 Å². The van der Waals surface area contributed by atoms with Crippen LogP contribution in [0.4, 0.5) is 11.4 Å². The molecule has 0 aliphatic heterocycles. The molecule has 1 amide bonds. The lowest BCUT2D eigenvalue weighted by Gasteiger charge is -2.19. The summed E-state index contributed by atoms with van der Waals surface area (Å²) in [4.78, 5) is 36.1. The van der Waals surface area contributed by atoms with Crippen LogP contribution in [-0.2, 0) is 20.7 Å². The number of non-ortho nitro benzene ring substituents is 1. The van der Waals surface area contributed by atoms with Crippen molar-refractivity contribution in [3.05, 3.63) is 93.0 Å². The summed E-state index contributed by atoms with van der Waals surface area (Å²) in [5.41, 5.74) is 0.917. The molecular formula is C24H21ClN2O7. The predicted octanol–water partition coefficient (Wildman–Crippen LogP) is 4.73. The Morgan fingerprint density at radius 1 is 1.03 bits per heavy atom. The number of anilines is 1. The molecule has 3 aromatic rings. The minimum absolute atomic E-state index is 0.0244. The van der Waals surface area contributed by atoms with E-state index in [1.54, 1.807) is 48.5 Å². The van der Waals surface area contributed by atoms with Gasteiger partial charge in [0.25, 0.3) is 11.6 Å². The maximum Gasteiger partial charge on any atom is 0.311 e. The molecule has 0 saturated heterocycles. The Kier molecular flexibility index (Phi) is 8.05.